The van der Waals surface area contributed by atoms with Crippen molar-refractivity contribution in [2.45, 2.75) is 181 Å². The van der Waals surface area contributed by atoms with E-state index in [-0.39, 0.29) is 0 Å². The largest absolute Gasteiger partial charge is 0.481 e. The average Bonchev–Trinajstić information content (AvgIpc) is 2.83. The quantitative estimate of drug-likeness (QED) is 0.114. The van der Waals surface area contributed by atoms with E-state index in [0.717, 1.165) is 12.8 Å². The third-order valence-electron chi connectivity index (χ3n) is 6.77. The number of carboxylic acid groups (broad SMARTS) is 1. The van der Waals surface area contributed by atoms with Crippen molar-refractivity contribution in [2.75, 3.05) is 13.6 Å². The molecule has 0 unspecified atom stereocenters. The molecule has 0 saturated heterocycles. The molecule has 0 aliphatic heterocycles. The molecule has 3 nitrogen and oxygen atoms in total. The molecule has 0 aliphatic rings. The van der Waals surface area contributed by atoms with E-state index in [4.69, 9.17) is 5.11 Å². The van der Waals surface area contributed by atoms with Crippen LogP contribution in [0.1, 0.15) is 181 Å². The number of hydrogen-bond donors (Lipinski definition) is 2. The molecule has 0 aromatic heterocycles. The van der Waals surface area contributed by atoms with Crippen molar-refractivity contribution in [3.05, 3.63) is 0 Å². The molecule has 0 aromatic carbocycles. The third-order valence-corrected chi connectivity index (χ3v) is 6.77. The monoisotopic (exact) mass is 484 g/mol. The first-order valence-electron chi connectivity index (χ1n) is 15.5. The maximum absolute atomic E-state index is 10.2. The number of aliphatic carboxylic acids is 1. The highest BCUT2D eigenvalue weighted by Gasteiger charge is 1.96. The summed E-state index contributed by atoms with van der Waals surface area (Å²) >= 11 is 0. The Morgan fingerprint density at radius 3 is 1.00 bits per heavy atom. The van der Waals surface area contributed by atoms with Gasteiger partial charge in [-0.2, -0.15) is 0 Å². The van der Waals surface area contributed by atoms with E-state index in [1.54, 1.807) is 0 Å². The van der Waals surface area contributed by atoms with Crippen LogP contribution in [-0.2, 0) is 4.79 Å². The van der Waals surface area contributed by atoms with Crippen molar-refractivity contribution in [1.82, 2.24) is 5.32 Å². The fraction of sp³-hybridized carbons (Fsp3) is 0.968. The zero-order chi connectivity index (χ0) is 25.4. The molecule has 206 valence electrons. The lowest BCUT2D eigenvalue weighted by Crippen LogP contribution is -2.06. The van der Waals surface area contributed by atoms with Gasteiger partial charge in [0, 0.05) is 6.42 Å². The minimum Gasteiger partial charge on any atom is -0.481 e. The predicted molar refractivity (Wildman–Crippen MR) is 153 cm³/mol. The van der Waals surface area contributed by atoms with Gasteiger partial charge < -0.3 is 10.4 Å². The molecule has 0 heterocycles. The maximum Gasteiger partial charge on any atom is 0.303 e. The summed E-state index contributed by atoms with van der Waals surface area (Å²) < 4.78 is 0. The molecular weight excluding hydrogens is 418 g/mol. The Morgan fingerprint density at radius 1 is 0.471 bits per heavy atom. The van der Waals surface area contributed by atoms with Crippen LogP contribution in [0.2, 0.25) is 0 Å². The lowest BCUT2D eigenvalue weighted by molar-refractivity contribution is -0.137. The van der Waals surface area contributed by atoms with E-state index in [1.165, 1.54) is 154 Å². The molecular formula is C31H65NO2. The first-order chi connectivity index (χ1) is 16.7. The zero-order valence-corrected chi connectivity index (χ0v) is 23.9. The Morgan fingerprint density at radius 2 is 0.735 bits per heavy atom. The summed E-state index contributed by atoms with van der Waals surface area (Å²) in [6.07, 6.45) is 34.7. The molecule has 0 rings (SSSR count). The first-order valence-corrected chi connectivity index (χ1v) is 15.5. The fourth-order valence-corrected chi connectivity index (χ4v) is 4.44. The van der Waals surface area contributed by atoms with E-state index in [9.17, 15) is 4.79 Å². The minimum atomic E-state index is -0.659. The molecule has 34 heavy (non-hydrogen) atoms. The minimum absolute atomic E-state index is 0.343. The molecule has 2 N–H and O–H groups in total. The lowest BCUT2D eigenvalue weighted by Gasteiger charge is -2.03. The van der Waals surface area contributed by atoms with Crippen LogP contribution in [0, 0.1) is 0 Å². The van der Waals surface area contributed by atoms with Crippen LogP contribution in [-0.4, -0.2) is 24.7 Å². The van der Waals surface area contributed by atoms with Gasteiger partial charge in [-0.3, -0.25) is 4.79 Å². The van der Waals surface area contributed by atoms with Gasteiger partial charge in [0.05, 0.1) is 0 Å². The molecule has 3 heteroatoms. The number of hydrogen-bond acceptors (Lipinski definition) is 2. The molecule has 0 amide bonds. The molecule has 0 fully saturated rings. The normalized spacial score (nSPS) is 10.8. The fourth-order valence-electron chi connectivity index (χ4n) is 4.44. The first kappa shape index (κ1) is 35.6. The number of rotatable bonds is 27. The highest BCUT2D eigenvalue weighted by Crippen LogP contribution is 2.13. The Balaban J connectivity index is 0. The van der Waals surface area contributed by atoms with Crippen molar-refractivity contribution in [1.29, 1.82) is 0 Å². The van der Waals surface area contributed by atoms with Crippen LogP contribution >= 0.6 is 0 Å². The van der Waals surface area contributed by atoms with E-state index in [0.29, 0.717) is 6.42 Å². The lowest BCUT2D eigenvalue weighted by atomic mass is 10.0. The summed E-state index contributed by atoms with van der Waals surface area (Å²) in [6.45, 7) is 5.72. The smallest absolute Gasteiger partial charge is 0.303 e. The summed E-state index contributed by atoms with van der Waals surface area (Å²) in [6, 6.07) is 0. The second-order valence-corrected chi connectivity index (χ2v) is 10.4. The number of carboxylic acids is 1. The van der Waals surface area contributed by atoms with Crippen molar-refractivity contribution in [3.63, 3.8) is 0 Å². The van der Waals surface area contributed by atoms with E-state index < -0.39 is 5.97 Å². The van der Waals surface area contributed by atoms with Crippen LogP contribution in [0.4, 0.5) is 0 Å². The molecule has 0 bridgehead atoms. The average molecular weight is 484 g/mol. The number of unbranched alkanes of at least 4 members (excludes halogenated alkanes) is 23. The Kier molecular flexibility index (Phi) is 36.2. The molecule has 0 aromatic rings. The van der Waals surface area contributed by atoms with Crippen molar-refractivity contribution in [2.24, 2.45) is 0 Å². The van der Waals surface area contributed by atoms with E-state index >= 15 is 0 Å². The van der Waals surface area contributed by atoms with Gasteiger partial charge in [0.2, 0.25) is 0 Å². The van der Waals surface area contributed by atoms with Crippen LogP contribution < -0.4 is 5.32 Å². The van der Waals surface area contributed by atoms with E-state index in [1.807, 2.05) is 7.05 Å². The van der Waals surface area contributed by atoms with Gasteiger partial charge in [0.1, 0.15) is 0 Å². The van der Waals surface area contributed by atoms with Crippen LogP contribution in [0.5, 0.6) is 0 Å². The summed E-state index contributed by atoms with van der Waals surface area (Å²) in [4.78, 5) is 10.2. The van der Waals surface area contributed by atoms with Gasteiger partial charge >= 0.3 is 5.97 Å². The van der Waals surface area contributed by atoms with Crippen molar-refractivity contribution >= 4 is 5.97 Å². The van der Waals surface area contributed by atoms with Crippen LogP contribution in [0.25, 0.3) is 0 Å². The SMILES string of the molecule is CCCCCCCCCCCC(=O)O.CCCCCCCCCCCCCCCCCCNC. The highest BCUT2D eigenvalue weighted by atomic mass is 16.4. The zero-order valence-electron chi connectivity index (χ0n) is 23.9. The predicted octanol–water partition coefficient (Wildman–Crippen LogP) is 10.5. The second kappa shape index (κ2) is 34.6. The number of carbonyl (C=O) groups is 1. The summed E-state index contributed by atoms with van der Waals surface area (Å²) in [7, 11) is 2.05. The maximum atomic E-state index is 10.2. The second-order valence-electron chi connectivity index (χ2n) is 10.4. The summed E-state index contributed by atoms with van der Waals surface area (Å²) in [5.74, 6) is -0.659. The van der Waals surface area contributed by atoms with Gasteiger partial charge in [0.15, 0.2) is 0 Å². The third kappa shape index (κ3) is 38.7. The van der Waals surface area contributed by atoms with Gasteiger partial charge in [0.25, 0.3) is 0 Å². The molecule has 0 radical (unpaired) electrons. The Bertz CT molecular complexity index is 341. The van der Waals surface area contributed by atoms with Crippen molar-refractivity contribution < 1.29 is 9.90 Å². The molecule has 0 aliphatic carbocycles. The van der Waals surface area contributed by atoms with E-state index in [2.05, 4.69) is 19.2 Å². The summed E-state index contributed by atoms with van der Waals surface area (Å²) in [5.41, 5.74) is 0. The highest BCUT2D eigenvalue weighted by molar-refractivity contribution is 5.66. The Hall–Kier alpha value is -0.570. The Labute approximate surface area is 215 Å². The van der Waals surface area contributed by atoms with Crippen molar-refractivity contribution in [3.8, 4) is 0 Å². The van der Waals surface area contributed by atoms with Gasteiger partial charge in [-0.15, -0.1) is 0 Å². The summed E-state index contributed by atoms with van der Waals surface area (Å²) in [5, 5.41) is 11.6. The van der Waals surface area contributed by atoms with Gasteiger partial charge in [-0.25, -0.2) is 0 Å². The molecule has 0 atom stereocenters. The number of nitrogens with one attached hydrogen (secondary N) is 1. The topological polar surface area (TPSA) is 49.3 Å². The molecule has 0 saturated carbocycles. The van der Waals surface area contributed by atoms with Gasteiger partial charge in [-0.1, -0.05) is 162 Å². The molecule has 0 spiro atoms. The van der Waals surface area contributed by atoms with Gasteiger partial charge in [-0.05, 0) is 26.4 Å². The standard InChI is InChI=1S/C19H41N.C12H24O2/c1-3-4-5-6-7-8-9-10-11-12-13-14-15-16-17-18-19-20-2;1-2-3-4-5-6-7-8-9-10-11-12(13)14/h20H,3-19H2,1-2H3;2-11H2,1H3,(H,13,14). The van der Waals surface area contributed by atoms with Crippen LogP contribution in [0.15, 0.2) is 0 Å². The van der Waals surface area contributed by atoms with Crippen LogP contribution in [0.3, 0.4) is 0 Å².